The van der Waals surface area contributed by atoms with Crippen LogP contribution >= 0.6 is 0 Å². The second-order valence-corrected chi connectivity index (χ2v) is 4.65. The van der Waals surface area contributed by atoms with Gasteiger partial charge in [0.25, 0.3) is 0 Å². The van der Waals surface area contributed by atoms with Crippen LogP contribution in [0.3, 0.4) is 0 Å². The number of rotatable bonds is 5. The van der Waals surface area contributed by atoms with Gasteiger partial charge in [0.15, 0.2) is 0 Å². The van der Waals surface area contributed by atoms with Gasteiger partial charge in [0.1, 0.15) is 5.82 Å². The highest BCUT2D eigenvalue weighted by atomic mass is 16.5. The van der Waals surface area contributed by atoms with Crippen molar-refractivity contribution in [3.8, 4) is 0 Å². The van der Waals surface area contributed by atoms with Gasteiger partial charge in [-0.3, -0.25) is 4.90 Å². The number of hydrogen-bond acceptors (Lipinski definition) is 4. The third-order valence-electron chi connectivity index (χ3n) is 3.35. The molecule has 0 spiro atoms. The van der Waals surface area contributed by atoms with E-state index in [1.165, 1.54) is 0 Å². The molecular formula is C14H23N3O. The number of nitrogens with zero attached hydrogens (tertiary/aromatic N) is 2. The molecule has 1 unspecified atom stereocenters. The van der Waals surface area contributed by atoms with Gasteiger partial charge >= 0.3 is 0 Å². The number of ether oxygens (including phenoxy) is 1. The molecule has 0 bridgehead atoms. The summed E-state index contributed by atoms with van der Waals surface area (Å²) in [5, 5.41) is 3.26. The van der Waals surface area contributed by atoms with Crippen molar-refractivity contribution in [2.45, 2.75) is 32.9 Å². The van der Waals surface area contributed by atoms with E-state index in [1.807, 2.05) is 6.07 Å². The molecule has 1 atom stereocenters. The maximum atomic E-state index is 5.53. The average Bonchev–Trinajstić information content (AvgIpc) is 2.40. The van der Waals surface area contributed by atoms with Crippen LogP contribution in [-0.2, 0) is 11.3 Å². The Kier molecular flexibility index (Phi) is 4.96. The van der Waals surface area contributed by atoms with Crippen LogP contribution in [0.2, 0.25) is 0 Å². The Morgan fingerprint density at radius 3 is 3.11 bits per heavy atom. The molecule has 1 aromatic heterocycles. The van der Waals surface area contributed by atoms with Crippen LogP contribution in [0, 0.1) is 0 Å². The second-order valence-electron chi connectivity index (χ2n) is 4.65. The number of morpholine rings is 1. The Labute approximate surface area is 109 Å². The summed E-state index contributed by atoms with van der Waals surface area (Å²) in [6.07, 6.45) is 1.13. The third-order valence-corrected chi connectivity index (χ3v) is 3.35. The van der Waals surface area contributed by atoms with E-state index in [0.29, 0.717) is 6.04 Å². The van der Waals surface area contributed by atoms with E-state index in [-0.39, 0.29) is 0 Å². The smallest absolute Gasteiger partial charge is 0.126 e. The molecular weight excluding hydrogens is 226 g/mol. The SMILES string of the molecule is CCNc1cccc(CN2CCOCC2CC)n1. The summed E-state index contributed by atoms with van der Waals surface area (Å²) < 4.78 is 5.53. The second kappa shape index (κ2) is 6.71. The molecule has 4 heteroatoms. The van der Waals surface area contributed by atoms with Crippen molar-refractivity contribution in [1.29, 1.82) is 0 Å². The molecule has 2 heterocycles. The van der Waals surface area contributed by atoms with Crippen LogP contribution in [0.15, 0.2) is 18.2 Å². The zero-order chi connectivity index (χ0) is 12.8. The average molecular weight is 249 g/mol. The van der Waals surface area contributed by atoms with E-state index in [4.69, 9.17) is 4.74 Å². The first kappa shape index (κ1) is 13.3. The molecule has 0 aromatic carbocycles. The van der Waals surface area contributed by atoms with Crippen molar-refractivity contribution in [2.24, 2.45) is 0 Å². The molecule has 0 amide bonds. The van der Waals surface area contributed by atoms with Crippen molar-refractivity contribution >= 4 is 5.82 Å². The summed E-state index contributed by atoms with van der Waals surface area (Å²) in [4.78, 5) is 7.11. The molecule has 100 valence electrons. The topological polar surface area (TPSA) is 37.4 Å². The van der Waals surface area contributed by atoms with Gasteiger partial charge in [0.05, 0.1) is 18.9 Å². The van der Waals surface area contributed by atoms with Gasteiger partial charge in [-0.1, -0.05) is 13.0 Å². The predicted molar refractivity (Wildman–Crippen MR) is 73.7 cm³/mol. The monoisotopic (exact) mass is 249 g/mol. The van der Waals surface area contributed by atoms with Gasteiger partial charge in [0, 0.05) is 25.7 Å². The lowest BCUT2D eigenvalue weighted by molar-refractivity contribution is -0.0132. The van der Waals surface area contributed by atoms with Gasteiger partial charge in [-0.05, 0) is 25.5 Å². The van der Waals surface area contributed by atoms with Crippen molar-refractivity contribution < 1.29 is 4.74 Å². The van der Waals surface area contributed by atoms with E-state index in [0.717, 1.165) is 50.8 Å². The molecule has 0 saturated carbocycles. The lowest BCUT2D eigenvalue weighted by atomic mass is 10.1. The lowest BCUT2D eigenvalue weighted by Crippen LogP contribution is -2.44. The minimum absolute atomic E-state index is 0.531. The molecule has 1 aromatic rings. The fraction of sp³-hybridized carbons (Fsp3) is 0.643. The van der Waals surface area contributed by atoms with Crippen LogP contribution in [0.5, 0.6) is 0 Å². The molecule has 1 fully saturated rings. The highest BCUT2D eigenvalue weighted by Crippen LogP contribution is 2.14. The Balaban J connectivity index is 2.00. The van der Waals surface area contributed by atoms with Crippen molar-refractivity contribution in [3.63, 3.8) is 0 Å². The number of anilines is 1. The van der Waals surface area contributed by atoms with Gasteiger partial charge < -0.3 is 10.1 Å². The maximum absolute atomic E-state index is 5.53. The quantitative estimate of drug-likeness (QED) is 0.867. The predicted octanol–water partition coefficient (Wildman–Crippen LogP) is 2.12. The molecule has 2 rings (SSSR count). The molecule has 1 aliphatic heterocycles. The lowest BCUT2D eigenvalue weighted by Gasteiger charge is -2.34. The Morgan fingerprint density at radius 1 is 1.44 bits per heavy atom. The fourth-order valence-electron chi connectivity index (χ4n) is 2.33. The van der Waals surface area contributed by atoms with Crippen LogP contribution in [0.4, 0.5) is 5.82 Å². The van der Waals surface area contributed by atoms with Crippen LogP contribution in [0.25, 0.3) is 0 Å². The van der Waals surface area contributed by atoms with Gasteiger partial charge in [-0.25, -0.2) is 4.98 Å². The summed E-state index contributed by atoms with van der Waals surface area (Å²) in [6.45, 7) is 8.82. The Hall–Kier alpha value is -1.13. The van der Waals surface area contributed by atoms with E-state index in [1.54, 1.807) is 0 Å². The zero-order valence-electron chi connectivity index (χ0n) is 11.4. The Morgan fingerprint density at radius 2 is 2.33 bits per heavy atom. The maximum Gasteiger partial charge on any atom is 0.126 e. The first-order valence-electron chi connectivity index (χ1n) is 6.85. The fourth-order valence-corrected chi connectivity index (χ4v) is 2.33. The molecule has 4 nitrogen and oxygen atoms in total. The molecule has 18 heavy (non-hydrogen) atoms. The summed E-state index contributed by atoms with van der Waals surface area (Å²) in [7, 11) is 0. The minimum Gasteiger partial charge on any atom is -0.378 e. The van der Waals surface area contributed by atoms with Crippen LogP contribution < -0.4 is 5.32 Å². The standard InChI is InChI=1S/C14H23N3O/c1-3-13-11-18-9-8-17(13)10-12-6-5-7-14(16-12)15-4-2/h5-7,13H,3-4,8-11H2,1-2H3,(H,15,16). The molecule has 0 radical (unpaired) electrons. The molecule has 1 saturated heterocycles. The molecule has 0 aliphatic carbocycles. The van der Waals surface area contributed by atoms with E-state index in [9.17, 15) is 0 Å². The van der Waals surface area contributed by atoms with Gasteiger partial charge in [-0.2, -0.15) is 0 Å². The van der Waals surface area contributed by atoms with Gasteiger partial charge in [0.2, 0.25) is 0 Å². The van der Waals surface area contributed by atoms with Crippen LogP contribution in [0.1, 0.15) is 26.0 Å². The van der Waals surface area contributed by atoms with E-state index >= 15 is 0 Å². The minimum atomic E-state index is 0.531. The first-order chi connectivity index (χ1) is 8.83. The van der Waals surface area contributed by atoms with Gasteiger partial charge in [-0.15, -0.1) is 0 Å². The number of pyridine rings is 1. The summed E-state index contributed by atoms with van der Waals surface area (Å²) in [6, 6.07) is 6.72. The summed E-state index contributed by atoms with van der Waals surface area (Å²) in [5.41, 5.74) is 1.13. The van der Waals surface area contributed by atoms with Crippen molar-refractivity contribution in [3.05, 3.63) is 23.9 Å². The normalized spacial score (nSPS) is 20.9. The van der Waals surface area contributed by atoms with E-state index in [2.05, 4.69) is 41.2 Å². The highest BCUT2D eigenvalue weighted by Gasteiger charge is 2.21. The molecule has 1 aliphatic rings. The van der Waals surface area contributed by atoms with Crippen molar-refractivity contribution in [2.75, 3.05) is 31.6 Å². The first-order valence-corrected chi connectivity index (χ1v) is 6.85. The third kappa shape index (κ3) is 3.43. The van der Waals surface area contributed by atoms with Crippen LogP contribution in [-0.4, -0.2) is 42.2 Å². The van der Waals surface area contributed by atoms with Crippen molar-refractivity contribution in [1.82, 2.24) is 9.88 Å². The van der Waals surface area contributed by atoms with E-state index < -0.39 is 0 Å². The molecule has 1 N–H and O–H groups in total. The Bertz CT molecular complexity index is 370. The number of aromatic nitrogens is 1. The highest BCUT2D eigenvalue weighted by molar-refractivity contribution is 5.34. The summed E-state index contributed by atoms with van der Waals surface area (Å²) in [5.74, 6) is 0.969. The zero-order valence-corrected chi connectivity index (χ0v) is 11.4. The number of hydrogen-bond donors (Lipinski definition) is 1. The number of nitrogens with one attached hydrogen (secondary N) is 1. The summed E-state index contributed by atoms with van der Waals surface area (Å²) >= 11 is 0. The largest absolute Gasteiger partial charge is 0.378 e.